The van der Waals surface area contributed by atoms with Crippen LogP contribution in [0, 0.1) is 13.8 Å². The van der Waals surface area contributed by atoms with E-state index in [1.54, 1.807) is 0 Å². The van der Waals surface area contributed by atoms with Gasteiger partial charge >= 0.3 is 0 Å². The molecule has 0 bridgehead atoms. The molecule has 2 aromatic heterocycles. The average molecular weight is 283 g/mol. The maximum atomic E-state index is 4.66. The van der Waals surface area contributed by atoms with Crippen LogP contribution in [0.25, 0.3) is 0 Å². The molecule has 1 aliphatic rings. The molecule has 3 heterocycles. The largest absolute Gasteiger partial charge is 0.325 e. The van der Waals surface area contributed by atoms with Crippen LogP contribution in [0.2, 0.25) is 0 Å². The minimum Gasteiger partial charge on any atom is -0.325 e. The fourth-order valence-electron chi connectivity index (χ4n) is 2.63. The summed E-state index contributed by atoms with van der Waals surface area (Å²) >= 11 is 0. The molecule has 0 spiro atoms. The van der Waals surface area contributed by atoms with Gasteiger partial charge in [0.1, 0.15) is 17.5 Å². The number of hydrogen-bond donors (Lipinski definition) is 2. The van der Waals surface area contributed by atoms with Gasteiger partial charge in [-0.1, -0.05) is 12.5 Å². The molecule has 110 valence electrons. The molecule has 2 aromatic rings. The van der Waals surface area contributed by atoms with Crippen molar-refractivity contribution in [3.05, 3.63) is 41.5 Å². The number of rotatable bonds is 3. The number of pyridine rings is 1. The Morgan fingerprint density at radius 3 is 2.71 bits per heavy atom. The van der Waals surface area contributed by atoms with E-state index in [2.05, 4.69) is 25.6 Å². The van der Waals surface area contributed by atoms with Gasteiger partial charge in [-0.2, -0.15) is 0 Å². The highest BCUT2D eigenvalue weighted by Crippen LogP contribution is 2.22. The van der Waals surface area contributed by atoms with Gasteiger partial charge in [-0.15, -0.1) is 0 Å². The zero-order valence-corrected chi connectivity index (χ0v) is 12.6. The van der Waals surface area contributed by atoms with Crippen LogP contribution < -0.4 is 10.6 Å². The summed E-state index contributed by atoms with van der Waals surface area (Å²) in [4.78, 5) is 13.7. The lowest BCUT2D eigenvalue weighted by Gasteiger charge is -2.22. The van der Waals surface area contributed by atoms with E-state index in [-0.39, 0.29) is 6.04 Å². The maximum Gasteiger partial charge on any atom is 0.147 e. The second-order valence-electron chi connectivity index (χ2n) is 5.54. The first-order valence-corrected chi connectivity index (χ1v) is 7.50. The van der Waals surface area contributed by atoms with Crippen molar-refractivity contribution in [2.45, 2.75) is 39.2 Å². The van der Waals surface area contributed by atoms with E-state index in [0.29, 0.717) is 0 Å². The summed E-state index contributed by atoms with van der Waals surface area (Å²) in [5.74, 6) is 2.50. The van der Waals surface area contributed by atoms with Crippen LogP contribution in [0.3, 0.4) is 0 Å². The number of nitrogens with one attached hydrogen (secondary N) is 2. The van der Waals surface area contributed by atoms with Gasteiger partial charge in [0.05, 0.1) is 6.04 Å². The highest BCUT2D eigenvalue weighted by atomic mass is 15.1. The van der Waals surface area contributed by atoms with Gasteiger partial charge in [0.25, 0.3) is 0 Å². The molecule has 2 N–H and O–H groups in total. The van der Waals surface area contributed by atoms with E-state index in [0.717, 1.165) is 41.8 Å². The SMILES string of the molecule is Cc1cccc(Nc2cc(C)nc(C3CCCCN3)n2)n1. The molecule has 0 saturated carbocycles. The standard InChI is InChI=1S/C16H21N5/c1-11-6-5-8-14(18-11)20-15-10-12(2)19-16(21-15)13-7-3-4-9-17-13/h5-6,8,10,13,17H,3-4,7,9H2,1-2H3,(H,18,19,20,21). The van der Waals surface area contributed by atoms with E-state index in [4.69, 9.17) is 0 Å². The van der Waals surface area contributed by atoms with Crippen LogP contribution in [0.5, 0.6) is 0 Å². The third-order valence-electron chi connectivity index (χ3n) is 3.64. The molecule has 1 aliphatic heterocycles. The lowest BCUT2D eigenvalue weighted by atomic mass is 10.0. The average Bonchev–Trinajstić information content (AvgIpc) is 2.47. The molecule has 1 atom stereocenters. The van der Waals surface area contributed by atoms with Gasteiger partial charge in [0.2, 0.25) is 0 Å². The van der Waals surface area contributed by atoms with Gasteiger partial charge in [0.15, 0.2) is 0 Å². The van der Waals surface area contributed by atoms with Gasteiger partial charge in [-0.05, 0) is 45.4 Å². The smallest absolute Gasteiger partial charge is 0.147 e. The Morgan fingerprint density at radius 1 is 1.05 bits per heavy atom. The van der Waals surface area contributed by atoms with Gasteiger partial charge in [0, 0.05) is 17.5 Å². The second kappa shape index (κ2) is 6.18. The van der Waals surface area contributed by atoms with Crippen LogP contribution in [0.1, 0.15) is 42.5 Å². The van der Waals surface area contributed by atoms with Gasteiger partial charge in [-0.25, -0.2) is 15.0 Å². The third-order valence-corrected chi connectivity index (χ3v) is 3.64. The summed E-state index contributed by atoms with van der Waals surface area (Å²) < 4.78 is 0. The van der Waals surface area contributed by atoms with Gasteiger partial charge in [-0.3, -0.25) is 0 Å². The van der Waals surface area contributed by atoms with Crippen LogP contribution in [-0.4, -0.2) is 21.5 Å². The molecule has 0 aromatic carbocycles. The molecule has 1 unspecified atom stereocenters. The minimum atomic E-state index is 0.268. The number of anilines is 2. The number of aryl methyl sites for hydroxylation is 2. The Balaban J connectivity index is 1.83. The Kier molecular flexibility index (Phi) is 4.10. The highest BCUT2D eigenvalue weighted by Gasteiger charge is 2.18. The minimum absolute atomic E-state index is 0.268. The van der Waals surface area contributed by atoms with Crippen molar-refractivity contribution in [1.82, 2.24) is 20.3 Å². The summed E-state index contributed by atoms with van der Waals surface area (Å²) in [6.07, 6.45) is 3.57. The first kappa shape index (κ1) is 13.9. The lowest BCUT2D eigenvalue weighted by molar-refractivity contribution is 0.397. The van der Waals surface area contributed by atoms with E-state index in [1.165, 1.54) is 12.8 Å². The number of piperidine rings is 1. The quantitative estimate of drug-likeness (QED) is 0.906. The van der Waals surface area contributed by atoms with Crippen LogP contribution >= 0.6 is 0 Å². The molecular weight excluding hydrogens is 262 g/mol. The topological polar surface area (TPSA) is 62.7 Å². The molecule has 3 rings (SSSR count). The van der Waals surface area contributed by atoms with Crippen molar-refractivity contribution in [3.63, 3.8) is 0 Å². The van der Waals surface area contributed by atoms with Crippen molar-refractivity contribution in [1.29, 1.82) is 0 Å². The molecule has 0 amide bonds. The molecule has 0 aliphatic carbocycles. The summed E-state index contributed by atoms with van der Waals surface area (Å²) in [7, 11) is 0. The molecule has 1 saturated heterocycles. The number of hydrogen-bond acceptors (Lipinski definition) is 5. The van der Waals surface area contributed by atoms with E-state index in [9.17, 15) is 0 Å². The Bertz CT molecular complexity index is 620. The zero-order chi connectivity index (χ0) is 14.7. The molecule has 0 radical (unpaired) electrons. The van der Waals surface area contributed by atoms with Crippen LogP contribution in [0.15, 0.2) is 24.3 Å². The fraction of sp³-hybridized carbons (Fsp3) is 0.438. The van der Waals surface area contributed by atoms with E-state index in [1.807, 2.05) is 38.1 Å². The van der Waals surface area contributed by atoms with Crippen molar-refractivity contribution in [2.75, 3.05) is 11.9 Å². The maximum absolute atomic E-state index is 4.66. The van der Waals surface area contributed by atoms with Crippen molar-refractivity contribution in [3.8, 4) is 0 Å². The second-order valence-corrected chi connectivity index (χ2v) is 5.54. The molecule has 1 fully saturated rings. The van der Waals surface area contributed by atoms with Crippen molar-refractivity contribution in [2.24, 2.45) is 0 Å². The summed E-state index contributed by atoms with van der Waals surface area (Å²) in [5.41, 5.74) is 1.96. The first-order valence-electron chi connectivity index (χ1n) is 7.50. The van der Waals surface area contributed by atoms with Crippen molar-refractivity contribution < 1.29 is 0 Å². The monoisotopic (exact) mass is 283 g/mol. The summed E-state index contributed by atoms with van der Waals surface area (Å²) in [5, 5.41) is 6.77. The third kappa shape index (κ3) is 3.55. The normalized spacial score (nSPS) is 18.5. The summed E-state index contributed by atoms with van der Waals surface area (Å²) in [6, 6.07) is 8.14. The zero-order valence-electron chi connectivity index (χ0n) is 12.6. The van der Waals surface area contributed by atoms with Crippen molar-refractivity contribution >= 4 is 11.6 Å². The van der Waals surface area contributed by atoms with Crippen LogP contribution in [-0.2, 0) is 0 Å². The molecular formula is C16H21N5. The molecule has 5 nitrogen and oxygen atoms in total. The molecule has 5 heteroatoms. The Labute approximate surface area is 125 Å². The van der Waals surface area contributed by atoms with E-state index >= 15 is 0 Å². The summed E-state index contributed by atoms with van der Waals surface area (Å²) in [6.45, 7) is 5.03. The Morgan fingerprint density at radius 2 is 1.95 bits per heavy atom. The first-order chi connectivity index (χ1) is 10.2. The predicted molar refractivity (Wildman–Crippen MR) is 83.6 cm³/mol. The number of nitrogens with zero attached hydrogens (tertiary/aromatic N) is 3. The lowest BCUT2D eigenvalue weighted by Crippen LogP contribution is -2.28. The fourth-order valence-corrected chi connectivity index (χ4v) is 2.63. The molecule has 21 heavy (non-hydrogen) atoms. The Hall–Kier alpha value is -2.01. The predicted octanol–water partition coefficient (Wildman–Crippen LogP) is 3.05. The highest BCUT2D eigenvalue weighted by molar-refractivity contribution is 5.52. The van der Waals surface area contributed by atoms with Gasteiger partial charge < -0.3 is 10.6 Å². The van der Waals surface area contributed by atoms with E-state index < -0.39 is 0 Å². The number of aromatic nitrogens is 3. The van der Waals surface area contributed by atoms with Crippen LogP contribution in [0.4, 0.5) is 11.6 Å².